The molecule has 3 rings (SSSR count). The molecule has 1 atom stereocenters. The zero-order valence-corrected chi connectivity index (χ0v) is 13.0. The molecule has 1 aromatic carbocycles. The summed E-state index contributed by atoms with van der Waals surface area (Å²) in [6.45, 7) is 4.28. The number of fused-ring (bicyclic) bond motifs is 1. The zero-order chi connectivity index (χ0) is 14.7. The van der Waals surface area contributed by atoms with E-state index >= 15 is 0 Å². The Morgan fingerprint density at radius 2 is 2.10 bits per heavy atom. The number of nitrogens with one attached hydrogen (secondary N) is 1. The highest BCUT2D eigenvalue weighted by Gasteiger charge is 2.20. The largest absolute Gasteiger partial charge is 0.317 e. The molecule has 0 aliphatic heterocycles. The molecule has 110 valence electrons. The van der Waals surface area contributed by atoms with Gasteiger partial charge in [-0.2, -0.15) is 0 Å². The summed E-state index contributed by atoms with van der Waals surface area (Å²) in [6, 6.07) is 7.71. The first-order valence-corrected chi connectivity index (χ1v) is 7.95. The second kappa shape index (κ2) is 6.54. The Bertz CT molecular complexity index is 610. The standard InChI is InChI=1S/C17H20ClN3/c1-2-19-10-12-3-8-16-14(9-12)11-20-17(21-16)13-4-6-15(18)7-5-13/h4-7,11-12,19H,2-3,8-10H2,1H3. The van der Waals surface area contributed by atoms with E-state index in [1.54, 1.807) is 0 Å². The van der Waals surface area contributed by atoms with Crippen molar-refractivity contribution in [2.45, 2.75) is 26.2 Å². The van der Waals surface area contributed by atoms with Crippen molar-refractivity contribution in [1.29, 1.82) is 0 Å². The third kappa shape index (κ3) is 3.42. The molecule has 2 aromatic rings. The van der Waals surface area contributed by atoms with Crippen molar-refractivity contribution in [2.24, 2.45) is 5.92 Å². The van der Waals surface area contributed by atoms with Gasteiger partial charge in [-0.05, 0) is 68.1 Å². The van der Waals surface area contributed by atoms with E-state index in [9.17, 15) is 0 Å². The SMILES string of the molecule is CCNCC1CCc2nc(-c3ccc(Cl)cc3)ncc2C1. The number of rotatable bonds is 4. The second-order valence-corrected chi connectivity index (χ2v) is 6.03. The highest BCUT2D eigenvalue weighted by Crippen LogP contribution is 2.26. The van der Waals surface area contributed by atoms with E-state index in [1.807, 2.05) is 30.5 Å². The molecule has 0 saturated heterocycles. The first kappa shape index (κ1) is 14.5. The molecule has 21 heavy (non-hydrogen) atoms. The average Bonchev–Trinajstić information content (AvgIpc) is 2.53. The Balaban J connectivity index is 1.78. The minimum Gasteiger partial charge on any atom is -0.317 e. The Morgan fingerprint density at radius 3 is 2.86 bits per heavy atom. The van der Waals surface area contributed by atoms with Crippen LogP contribution in [0.1, 0.15) is 24.6 Å². The van der Waals surface area contributed by atoms with E-state index in [-0.39, 0.29) is 0 Å². The summed E-state index contributed by atoms with van der Waals surface area (Å²) in [4.78, 5) is 9.29. The third-order valence-corrected chi connectivity index (χ3v) is 4.29. The van der Waals surface area contributed by atoms with Crippen LogP contribution in [0.5, 0.6) is 0 Å². The van der Waals surface area contributed by atoms with Gasteiger partial charge in [-0.3, -0.25) is 0 Å². The fraction of sp³-hybridized carbons (Fsp3) is 0.412. The fourth-order valence-corrected chi connectivity index (χ4v) is 2.97. The lowest BCUT2D eigenvalue weighted by Crippen LogP contribution is -2.27. The molecule has 0 amide bonds. The molecule has 0 spiro atoms. The van der Waals surface area contributed by atoms with Crippen molar-refractivity contribution in [3.63, 3.8) is 0 Å². The maximum absolute atomic E-state index is 5.93. The molecule has 1 unspecified atom stereocenters. The van der Waals surface area contributed by atoms with Gasteiger partial charge < -0.3 is 5.32 Å². The molecule has 3 nitrogen and oxygen atoms in total. The van der Waals surface area contributed by atoms with Crippen LogP contribution in [0.25, 0.3) is 11.4 Å². The van der Waals surface area contributed by atoms with Gasteiger partial charge in [0.15, 0.2) is 5.82 Å². The number of nitrogens with zero attached hydrogens (tertiary/aromatic N) is 2. The molecule has 0 saturated carbocycles. The number of aromatic nitrogens is 2. The van der Waals surface area contributed by atoms with Gasteiger partial charge in [0.05, 0.1) is 0 Å². The Morgan fingerprint density at radius 1 is 1.29 bits per heavy atom. The monoisotopic (exact) mass is 301 g/mol. The van der Waals surface area contributed by atoms with Crippen LogP contribution < -0.4 is 5.32 Å². The van der Waals surface area contributed by atoms with Crippen molar-refractivity contribution in [3.05, 3.63) is 46.7 Å². The van der Waals surface area contributed by atoms with Gasteiger partial charge in [-0.15, -0.1) is 0 Å². The van der Waals surface area contributed by atoms with E-state index in [2.05, 4.69) is 17.2 Å². The highest BCUT2D eigenvalue weighted by atomic mass is 35.5. The predicted octanol–water partition coefficient (Wildman–Crippen LogP) is 3.51. The normalized spacial score (nSPS) is 17.5. The van der Waals surface area contributed by atoms with Crippen LogP contribution in [0.4, 0.5) is 0 Å². The lowest BCUT2D eigenvalue weighted by molar-refractivity contribution is 0.425. The summed E-state index contributed by atoms with van der Waals surface area (Å²) >= 11 is 5.93. The molecule has 1 heterocycles. The lowest BCUT2D eigenvalue weighted by atomic mass is 9.87. The van der Waals surface area contributed by atoms with Crippen molar-refractivity contribution in [2.75, 3.05) is 13.1 Å². The number of benzene rings is 1. The molecule has 1 aliphatic rings. The molecule has 0 radical (unpaired) electrons. The van der Waals surface area contributed by atoms with E-state index in [0.717, 1.165) is 42.3 Å². The average molecular weight is 302 g/mol. The maximum atomic E-state index is 5.93. The van der Waals surface area contributed by atoms with Crippen LogP contribution in [-0.4, -0.2) is 23.1 Å². The molecular weight excluding hydrogens is 282 g/mol. The maximum Gasteiger partial charge on any atom is 0.159 e. The molecule has 0 fully saturated rings. The van der Waals surface area contributed by atoms with Gasteiger partial charge in [-0.25, -0.2) is 9.97 Å². The Labute approximate surface area is 130 Å². The topological polar surface area (TPSA) is 37.8 Å². The zero-order valence-electron chi connectivity index (χ0n) is 12.3. The van der Waals surface area contributed by atoms with Gasteiger partial charge in [0.2, 0.25) is 0 Å². The molecular formula is C17H20ClN3. The van der Waals surface area contributed by atoms with Gasteiger partial charge >= 0.3 is 0 Å². The van der Waals surface area contributed by atoms with Crippen molar-refractivity contribution in [1.82, 2.24) is 15.3 Å². The number of hydrogen-bond acceptors (Lipinski definition) is 3. The minimum absolute atomic E-state index is 0.711. The first-order valence-electron chi connectivity index (χ1n) is 7.57. The van der Waals surface area contributed by atoms with Crippen LogP contribution in [0.3, 0.4) is 0 Å². The molecule has 0 bridgehead atoms. The lowest BCUT2D eigenvalue weighted by Gasteiger charge is -2.24. The van der Waals surface area contributed by atoms with Crippen LogP contribution in [0, 0.1) is 5.92 Å². The summed E-state index contributed by atoms with van der Waals surface area (Å²) in [5, 5.41) is 4.18. The summed E-state index contributed by atoms with van der Waals surface area (Å²) in [6.07, 6.45) is 5.35. The molecule has 1 aromatic heterocycles. The minimum atomic E-state index is 0.711. The number of aryl methyl sites for hydroxylation is 1. The summed E-state index contributed by atoms with van der Waals surface area (Å²) in [5.41, 5.74) is 3.54. The summed E-state index contributed by atoms with van der Waals surface area (Å²) in [7, 11) is 0. The van der Waals surface area contributed by atoms with Crippen molar-refractivity contribution >= 4 is 11.6 Å². The van der Waals surface area contributed by atoms with E-state index in [4.69, 9.17) is 16.6 Å². The highest BCUT2D eigenvalue weighted by molar-refractivity contribution is 6.30. The van der Waals surface area contributed by atoms with Crippen LogP contribution in [0.15, 0.2) is 30.5 Å². The van der Waals surface area contributed by atoms with Gasteiger partial charge in [0.1, 0.15) is 0 Å². The van der Waals surface area contributed by atoms with E-state index in [0.29, 0.717) is 5.92 Å². The van der Waals surface area contributed by atoms with E-state index < -0.39 is 0 Å². The molecule has 1 N–H and O–H groups in total. The van der Waals surface area contributed by atoms with Gasteiger partial charge in [0, 0.05) is 22.5 Å². The van der Waals surface area contributed by atoms with Gasteiger partial charge in [0.25, 0.3) is 0 Å². The summed E-state index contributed by atoms with van der Waals surface area (Å²) < 4.78 is 0. The third-order valence-electron chi connectivity index (χ3n) is 4.04. The molecule has 1 aliphatic carbocycles. The number of hydrogen-bond donors (Lipinski definition) is 1. The van der Waals surface area contributed by atoms with Crippen molar-refractivity contribution < 1.29 is 0 Å². The Hall–Kier alpha value is -1.45. The number of halogens is 1. The molecule has 4 heteroatoms. The van der Waals surface area contributed by atoms with Gasteiger partial charge in [-0.1, -0.05) is 18.5 Å². The van der Waals surface area contributed by atoms with E-state index in [1.165, 1.54) is 17.7 Å². The smallest absolute Gasteiger partial charge is 0.159 e. The predicted molar refractivity (Wildman–Crippen MR) is 86.5 cm³/mol. The summed E-state index contributed by atoms with van der Waals surface area (Å²) in [5.74, 6) is 1.51. The first-order chi connectivity index (χ1) is 10.3. The Kier molecular flexibility index (Phi) is 4.51. The quantitative estimate of drug-likeness (QED) is 0.939. The van der Waals surface area contributed by atoms with Crippen LogP contribution >= 0.6 is 11.6 Å². The van der Waals surface area contributed by atoms with Crippen LogP contribution in [-0.2, 0) is 12.8 Å². The second-order valence-electron chi connectivity index (χ2n) is 5.59. The van der Waals surface area contributed by atoms with Crippen molar-refractivity contribution in [3.8, 4) is 11.4 Å². The fourth-order valence-electron chi connectivity index (χ4n) is 2.84. The van der Waals surface area contributed by atoms with Crippen LogP contribution in [0.2, 0.25) is 5.02 Å².